The zero-order valence-electron chi connectivity index (χ0n) is 25.8. The van der Waals surface area contributed by atoms with Crippen molar-refractivity contribution in [3.05, 3.63) is 59.8 Å². The van der Waals surface area contributed by atoms with Crippen LogP contribution in [-0.2, 0) is 17.8 Å². The number of likely N-dealkylation sites (N-methyl/N-ethyl adjacent to an activating group) is 1. The fraction of sp³-hybridized carbons (Fsp3) is 0.469. The molecule has 45 heavy (non-hydrogen) atoms. The van der Waals surface area contributed by atoms with Gasteiger partial charge in [-0.2, -0.15) is 42.2 Å². The summed E-state index contributed by atoms with van der Waals surface area (Å²) in [7, 11) is 2.11. The monoisotopic (exact) mass is 652 g/mol. The average Bonchev–Trinajstić information content (AvgIpc) is 3.43. The van der Waals surface area contributed by atoms with Gasteiger partial charge in [-0.1, -0.05) is 30.8 Å². The van der Waals surface area contributed by atoms with Gasteiger partial charge in [-0.15, -0.1) is 0 Å². The lowest BCUT2D eigenvalue weighted by Crippen LogP contribution is -2.55. The number of piperazine rings is 1. The van der Waals surface area contributed by atoms with Gasteiger partial charge in [0.1, 0.15) is 12.4 Å². The second kappa shape index (κ2) is 14.7. The van der Waals surface area contributed by atoms with Crippen LogP contribution < -0.4 is 14.5 Å². The van der Waals surface area contributed by atoms with Crippen molar-refractivity contribution in [1.29, 1.82) is 5.26 Å². The Labute approximate surface area is 277 Å². The van der Waals surface area contributed by atoms with Gasteiger partial charge in [-0.05, 0) is 39.8 Å². The SMILES string of the molecule is C=C(F)C(=O)N1CCN(c2nc(OC[C@@H]3CCCN3C)nc3c2CCN(c2c(C)ncc4ccccc24)C3)C[C@@H]1CC#N.S.S. The van der Waals surface area contributed by atoms with Crippen LogP contribution in [0.15, 0.2) is 42.9 Å². The second-order valence-electron chi connectivity index (χ2n) is 11.7. The van der Waals surface area contributed by atoms with Crippen molar-refractivity contribution in [2.75, 3.05) is 56.2 Å². The molecule has 2 aromatic heterocycles. The summed E-state index contributed by atoms with van der Waals surface area (Å²) < 4.78 is 20.1. The molecule has 0 radical (unpaired) electrons. The number of carbonyl (C=O) groups excluding carboxylic acids is 1. The minimum Gasteiger partial charge on any atom is -0.462 e. The summed E-state index contributed by atoms with van der Waals surface area (Å²) in [6.45, 7) is 9.18. The van der Waals surface area contributed by atoms with E-state index in [-0.39, 0.29) is 40.0 Å². The van der Waals surface area contributed by atoms with E-state index in [0.29, 0.717) is 44.7 Å². The lowest BCUT2D eigenvalue weighted by molar-refractivity contribution is -0.131. The molecule has 0 bridgehead atoms. The third kappa shape index (κ3) is 6.98. The smallest absolute Gasteiger partial charge is 0.318 e. The summed E-state index contributed by atoms with van der Waals surface area (Å²) in [5.41, 5.74) is 4.00. The van der Waals surface area contributed by atoms with Gasteiger partial charge < -0.3 is 24.3 Å². The number of aryl methyl sites for hydroxylation is 1. The van der Waals surface area contributed by atoms with Gasteiger partial charge in [0.25, 0.3) is 5.91 Å². The summed E-state index contributed by atoms with van der Waals surface area (Å²) in [6, 6.07) is 10.6. The van der Waals surface area contributed by atoms with Crippen LogP contribution in [0.4, 0.5) is 15.9 Å². The quantitative estimate of drug-likeness (QED) is 0.351. The van der Waals surface area contributed by atoms with Crippen molar-refractivity contribution in [1.82, 2.24) is 24.8 Å². The number of carbonyl (C=O) groups is 1. The topological polar surface area (TPSA) is 102 Å². The van der Waals surface area contributed by atoms with Crippen LogP contribution in [0.5, 0.6) is 6.01 Å². The zero-order valence-corrected chi connectivity index (χ0v) is 27.8. The lowest BCUT2D eigenvalue weighted by Gasteiger charge is -2.42. The highest BCUT2D eigenvalue weighted by Crippen LogP contribution is 2.36. The number of nitriles is 1. The minimum atomic E-state index is -1.01. The number of benzene rings is 1. The molecule has 0 unspecified atom stereocenters. The Morgan fingerprint density at radius 3 is 2.67 bits per heavy atom. The zero-order chi connectivity index (χ0) is 30.1. The number of amides is 1. The Bertz CT molecular complexity index is 1600. The molecule has 2 saturated heterocycles. The first-order valence-electron chi connectivity index (χ1n) is 14.9. The molecule has 5 heterocycles. The molecular formula is C32H41FN8O2S2. The third-order valence-corrected chi connectivity index (χ3v) is 8.97. The Morgan fingerprint density at radius 2 is 1.93 bits per heavy atom. The first-order valence-corrected chi connectivity index (χ1v) is 14.9. The molecule has 3 aliphatic rings. The van der Waals surface area contributed by atoms with Gasteiger partial charge in [0.15, 0.2) is 5.83 Å². The molecule has 2 atom stereocenters. The molecule has 13 heteroatoms. The maximum Gasteiger partial charge on any atom is 0.318 e. The second-order valence-corrected chi connectivity index (χ2v) is 11.7. The predicted molar refractivity (Wildman–Crippen MR) is 183 cm³/mol. The van der Waals surface area contributed by atoms with Crippen LogP contribution in [0.2, 0.25) is 0 Å². The summed E-state index contributed by atoms with van der Waals surface area (Å²) in [5, 5.41) is 11.7. The summed E-state index contributed by atoms with van der Waals surface area (Å²) in [5.74, 6) is -1.01. The number of rotatable bonds is 7. The van der Waals surface area contributed by atoms with Crippen molar-refractivity contribution >= 4 is 55.2 Å². The molecule has 0 saturated carbocycles. The van der Waals surface area contributed by atoms with E-state index in [2.05, 4.69) is 57.6 Å². The molecule has 3 aliphatic heterocycles. The fourth-order valence-electron chi connectivity index (χ4n) is 6.66. The van der Waals surface area contributed by atoms with Crippen molar-refractivity contribution in [3.63, 3.8) is 0 Å². The molecule has 6 rings (SSSR count). The van der Waals surface area contributed by atoms with Gasteiger partial charge in [-0.25, -0.2) is 4.39 Å². The Balaban J connectivity index is 0.00000230. The van der Waals surface area contributed by atoms with E-state index in [1.54, 1.807) is 0 Å². The van der Waals surface area contributed by atoms with Crippen molar-refractivity contribution in [2.45, 2.75) is 51.2 Å². The van der Waals surface area contributed by atoms with Crippen LogP contribution in [0.3, 0.4) is 0 Å². The molecule has 0 aliphatic carbocycles. The maximum atomic E-state index is 13.8. The van der Waals surface area contributed by atoms with Crippen molar-refractivity contribution in [3.8, 4) is 12.1 Å². The molecule has 3 aromatic rings. The predicted octanol–water partition coefficient (Wildman–Crippen LogP) is 4.01. The number of hydrogen-bond donors (Lipinski definition) is 0. The standard InChI is InChI=1S/C32H37FN8O2.2H2S/c1-21(33)31(42)41-16-15-40(18-24(41)10-12-34)30-27-11-14-39(29-22(2)35-17-23-7-4-5-9-26(23)29)19-28(27)36-32(37-30)43-20-25-8-6-13-38(25)3;;/h4-5,7,9,17,24-25H,1,6,8,10-11,13-16,18-20H2,2-3H3;2*1H2/t24-,25-;;/m0../s1. The normalized spacial score (nSPS) is 19.7. The number of fused-ring (bicyclic) bond motifs is 2. The summed E-state index contributed by atoms with van der Waals surface area (Å²) in [6.07, 6.45) is 4.92. The number of anilines is 2. The Hall–Kier alpha value is -3.60. The molecule has 1 aromatic carbocycles. The highest BCUT2D eigenvalue weighted by atomic mass is 32.1. The van der Waals surface area contributed by atoms with Gasteiger partial charge >= 0.3 is 6.01 Å². The van der Waals surface area contributed by atoms with Crippen molar-refractivity contribution in [2.24, 2.45) is 0 Å². The van der Waals surface area contributed by atoms with Crippen LogP contribution >= 0.6 is 27.0 Å². The number of nitrogens with zero attached hydrogens (tertiary/aromatic N) is 8. The highest BCUT2D eigenvalue weighted by molar-refractivity contribution is 7.59. The summed E-state index contributed by atoms with van der Waals surface area (Å²) >= 11 is 0. The molecular weight excluding hydrogens is 612 g/mol. The van der Waals surface area contributed by atoms with E-state index in [4.69, 9.17) is 14.7 Å². The third-order valence-electron chi connectivity index (χ3n) is 8.97. The van der Waals surface area contributed by atoms with Crippen molar-refractivity contribution < 1.29 is 13.9 Å². The van der Waals surface area contributed by atoms with E-state index < -0.39 is 17.8 Å². The average molecular weight is 653 g/mol. The van der Waals surface area contributed by atoms with Crippen LogP contribution in [0.25, 0.3) is 10.8 Å². The van der Waals surface area contributed by atoms with E-state index in [0.717, 1.165) is 65.2 Å². The van der Waals surface area contributed by atoms with E-state index in [9.17, 15) is 14.4 Å². The van der Waals surface area contributed by atoms with E-state index in [1.165, 1.54) is 4.90 Å². The molecule has 10 nitrogen and oxygen atoms in total. The number of likely N-dealkylation sites (tertiary alicyclic amines) is 1. The van der Waals surface area contributed by atoms with Gasteiger partial charge in [0.2, 0.25) is 0 Å². The Morgan fingerprint density at radius 1 is 1.13 bits per heavy atom. The highest BCUT2D eigenvalue weighted by Gasteiger charge is 2.35. The Kier molecular flexibility index (Phi) is 11.2. The number of aromatic nitrogens is 3. The first kappa shape index (κ1) is 34.3. The number of halogens is 1. The van der Waals surface area contributed by atoms with Gasteiger partial charge in [0.05, 0.1) is 42.2 Å². The molecule has 0 N–H and O–H groups in total. The number of ether oxygens (including phenoxy) is 1. The molecule has 0 spiro atoms. The number of pyridine rings is 1. The maximum absolute atomic E-state index is 13.8. The first-order chi connectivity index (χ1) is 20.8. The fourth-order valence-corrected chi connectivity index (χ4v) is 6.66. The van der Waals surface area contributed by atoms with E-state index in [1.807, 2.05) is 19.2 Å². The molecule has 2 fully saturated rings. The minimum absolute atomic E-state index is 0. The van der Waals surface area contributed by atoms with E-state index >= 15 is 0 Å². The summed E-state index contributed by atoms with van der Waals surface area (Å²) in [4.78, 5) is 35.2. The van der Waals surface area contributed by atoms with Crippen LogP contribution in [0.1, 0.15) is 36.2 Å². The number of hydrogen-bond acceptors (Lipinski definition) is 9. The van der Waals surface area contributed by atoms with Crippen LogP contribution in [0, 0.1) is 18.3 Å². The lowest BCUT2D eigenvalue weighted by atomic mass is 10.0. The van der Waals surface area contributed by atoms with Gasteiger partial charge in [0, 0.05) is 54.8 Å². The molecule has 1 amide bonds. The van der Waals surface area contributed by atoms with Crippen LogP contribution in [-0.4, -0.2) is 89.1 Å². The van der Waals surface area contributed by atoms with Gasteiger partial charge in [-0.3, -0.25) is 9.78 Å². The molecule has 240 valence electrons. The largest absolute Gasteiger partial charge is 0.462 e.